The van der Waals surface area contributed by atoms with Crippen LogP contribution in [0.15, 0.2) is 62.6 Å². The van der Waals surface area contributed by atoms with E-state index < -0.39 is 0 Å². The number of rotatable bonds is 13. The predicted octanol–water partition coefficient (Wildman–Crippen LogP) is 4.13. The van der Waals surface area contributed by atoms with Crippen LogP contribution < -0.4 is 20.7 Å². The zero-order chi connectivity index (χ0) is 29.6. The molecule has 0 bridgehead atoms. The molecule has 3 heterocycles. The number of hydrogen-bond acceptors (Lipinski definition) is 9. The van der Waals surface area contributed by atoms with Crippen LogP contribution in [0.2, 0.25) is 0 Å². The zero-order valence-electron chi connectivity index (χ0n) is 24.2. The fourth-order valence-corrected chi connectivity index (χ4v) is 4.85. The third kappa shape index (κ3) is 5.57. The lowest BCUT2D eigenvalue weighted by atomic mass is 10.2. The second-order valence-corrected chi connectivity index (χ2v) is 9.67. The minimum absolute atomic E-state index is 0.102. The second kappa shape index (κ2) is 12.9. The molecule has 0 unspecified atom stereocenters. The molecule has 0 saturated carbocycles. The maximum Gasteiger partial charge on any atom is 0.332 e. The molecular weight excluding hydrogens is 540 g/mol. The SMILES string of the molecule is CCCn1c(=O)c2c(nc(-c3ccc(OCc4noc(-c5ccccc5OC)n4)cc3)n2CCOC)n(CCC)c1=O. The van der Waals surface area contributed by atoms with Crippen LogP contribution in [0, 0.1) is 0 Å². The first-order valence-electron chi connectivity index (χ1n) is 13.9. The van der Waals surface area contributed by atoms with Crippen molar-refractivity contribution in [1.82, 2.24) is 28.8 Å². The number of methoxy groups -OCH3 is 2. The molecule has 0 fully saturated rings. The van der Waals surface area contributed by atoms with Gasteiger partial charge in [0.1, 0.15) is 17.3 Å². The Morgan fingerprint density at radius 1 is 0.857 bits per heavy atom. The number of imidazole rings is 1. The second-order valence-electron chi connectivity index (χ2n) is 9.67. The molecule has 12 nitrogen and oxygen atoms in total. The van der Waals surface area contributed by atoms with Crippen LogP contribution in [0.25, 0.3) is 34.0 Å². The molecule has 0 atom stereocenters. The number of hydrogen-bond donors (Lipinski definition) is 0. The molecule has 42 heavy (non-hydrogen) atoms. The minimum Gasteiger partial charge on any atom is -0.496 e. The van der Waals surface area contributed by atoms with Gasteiger partial charge in [-0.05, 0) is 49.2 Å². The molecule has 0 saturated heterocycles. The molecule has 0 aliphatic heterocycles. The van der Waals surface area contributed by atoms with Gasteiger partial charge in [0.05, 0.1) is 19.3 Å². The van der Waals surface area contributed by atoms with Crippen LogP contribution in [0.4, 0.5) is 0 Å². The first kappa shape index (κ1) is 28.8. The van der Waals surface area contributed by atoms with Gasteiger partial charge in [0, 0.05) is 32.3 Å². The molecule has 5 rings (SSSR count). The Hall–Kier alpha value is -4.71. The first-order chi connectivity index (χ1) is 20.5. The van der Waals surface area contributed by atoms with E-state index in [2.05, 4.69) is 10.1 Å². The first-order valence-corrected chi connectivity index (χ1v) is 13.9. The third-order valence-electron chi connectivity index (χ3n) is 6.81. The quantitative estimate of drug-likeness (QED) is 0.204. The standard InChI is InChI=1S/C30H34N6O6/c1-5-15-35-27-25(29(37)36(16-6-2)30(35)38)34(17-18-39-3)26(32-27)20-11-13-21(14-12-20)41-19-24-31-28(42-33-24)22-9-7-8-10-23(22)40-4/h7-14H,5-6,15-19H2,1-4H3. The zero-order valence-corrected chi connectivity index (χ0v) is 24.2. The number of benzene rings is 2. The van der Waals surface area contributed by atoms with Crippen LogP contribution >= 0.6 is 0 Å². The van der Waals surface area contributed by atoms with E-state index in [1.165, 1.54) is 4.57 Å². The predicted molar refractivity (Wildman–Crippen MR) is 157 cm³/mol. The van der Waals surface area contributed by atoms with Crippen molar-refractivity contribution in [3.63, 3.8) is 0 Å². The van der Waals surface area contributed by atoms with Crippen LogP contribution in [0.1, 0.15) is 32.5 Å². The van der Waals surface area contributed by atoms with Crippen molar-refractivity contribution in [2.75, 3.05) is 20.8 Å². The summed E-state index contributed by atoms with van der Waals surface area (Å²) in [6, 6.07) is 14.8. The van der Waals surface area contributed by atoms with Crippen molar-refractivity contribution < 1.29 is 18.7 Å². The summed E-state index contributed by atoms with van der Waals surface area (Å²) in [5.41, 5.74) is 1.57. The summed E-state index contributed by atoms with van der Waals surface area (Å²) in [6.07, 6.45) is 1.39. The summed E-state index contributed by atoms with van der Waals surface area (Å²) >= 11 is 0. The molecule has 3 aromatic heterocycles. The highest BCUT2D eigenvalue weighted by atomic mass is 16.5. The van der Waals surface area contributed by atoms with Gasteiger partial charge in [0.25, 0.3) is 11.4 Å². The highest BCUT2D eigenvalue weighted by Crippen LogP contribution is 2.29. The lowest BCUT2D eigenvalue weighted by Gasteiger charge is -2.12. The Kier molecular flexibility index (Phi) is 8.82. The topological polar surface area (TPSA) is 128 Å². The van der Waals surface area contributed by atoms with Gasteiger partial charge < -0.3 is 23.3 Å². The molecule has 0 amide bonds. The number of aryl methyl sites for hydroxylation is 1. The van der Waals surface area contributed by atoms with Crippen LogP contribution in [-0.2, 0) is 31.0 Å². The normalized spacial score (nSPS) is 11.3. The van der Waals surface area contributed by atoms with Crippen molar-refractivity contribution in [3.8, 4) is 34.3 Å². The third-order valence-corrected chi connectivity index (χ3v) is 6.81. The van der Waals surface area contributed by atoms with Gasteiger partial charge in [-0.25, -0.2) is 9.78 Å². The Labute approximate surface area is 242 Å². The van der Waals surface area contributed by atoms with E-state index in [0.29, 0.717) is 78.4 Å². The van der Waals surface area contributed by atoms with E-state index >= 15 is 0 Å². The van der Waals surface area contributed by atoms with E-state index in [-0.39, 0.29) is 17.9 Å². The highest BCUT2D eigenvalue weighted by Gasteiger charge is 2.22. The lowest BCUT2D eigenvalue weighted by molar-refractivity contribution is 0.188. The van der Waals surface area contributed by atoms with Crippen molar-refractivity contribution in [1.29, 1.82) is 0 Å². The van der Waals surface area contributed by atoms with Crippen molar-refractivity contribution in [2.45, 2.75) is 52.9 Å². The molecular formula is C30H34N6O6. The summed E-state index contributed by atoms with van der Waals surface area (Å²) in [6.45, 7) is 5.61. The summed E-state index contributed by atoms with van der Waals surface area (Å²) < 4.78 is 26.8. The van der Waals surface area contributed by atoms with Crippen LogP contribution in [0.5, 0.6) is 11.5 Å². The number of aromatic nitrogens is 6. The molecule has 2 aromatic carbocycles. The van der Waals surface area contributed by atoms with Gasteiger partial charge in [-0.2, -0.15) is 4.98 Å². The van der Waals surface area contributed by atoms with Gasteiger partial charge in [-0.1, -0.05) is 31.1 Å². The molecule has 0 radical (unpaired) electrons. The summed E-state index contributed by atoms with van der Waals surface area (Å²) in [7, 11) is 3.19. The Bertz CT molecular complexity index is 1780. The Morgan fingerprint density at radius 3 is 2.31 bits per heavy atom. The van der Waals surface area contributed by atoms with E-state index in [1.807, 2.05) is 66.9 Å². The van der Waals surface area contributed by atoms with E-state index in [4.69, 9.17) is 23.7 Å². The highest BCUT2D eigenvalue weighted by molar-refractivity contribution is 5.77. The summed E-state index contributed by atoms with van der Waals surface area (Å²) in [5.74, 6) is 2.53. The lowest BCUT2D eigenvalue weighted by Crippen LogP contribution is -2.40. The largest absolute Gasteiger partial charge is 0.496 e. The van der Waals surface area contributed by atoms with Gasteiger partial charge in [0.2, 0.25) is 5.82 Å². The smallest absolute Gasteiger partial charge is 0.332 e. The Morgan fingerprint density at radius 2 is 1.60 bits per heavy atom. The molecule has 0 spiro atoms. The van der Waals surface area contributed by atoms with Crippen LogP contribution in [0.3, 0.4) is 0 Å². The molecule has 0 N–H and O–H groups in total. The number of ether oxygens (including phenoxy) is 3. The van der Waals surface area contributed by atoms with Gasteiger partial charge >= 0.3 is 5.69 Å². The average Bonchev–Trinajstić information content (AvgIpc) is 3.65. The maximum atomic E-state index is 13.5. The van der Waals surface area contributed by atoms with Crippen molar-refractivity contribution in [2.24, 2.45) is 0 Å². The number of fused-ring (bicyclic) bond motifs is 1. The molecule has 0 aliphatic rings. The molecule has 5 aromatic rings. The minimum atomic E-state index is -0.341. The fourth-order valence-electron chi connectivity index (χ4n) is 4.85. The maximum absolute atomic E-state index is 13.5. The van der Waals surface area contributed by atoms with Crippen molar-refractivity contribution in [3.05, 3.63) is 75.2 Å². The van der Waals surface area contributed by atoms with Crippen LogP contribution in [-0.4, -0.2) is 49.7 Å². The average molecular weight is 575 g/mol. The number of nitrogens with zero attached hydrogens (tertiary/aromatic N) is 6. The molecule has 12 heteroatoms. The monoisotopic (exact) mass is 574 g/mol. The van der Waals surface area contributed by atoms with Crippen molar-refractivity contribution >= 4 is 11.2 Å². The van der Waals surface area contributed by atoms with Gasteiger partial charge in [-0.15, -0.1) is 0 Å². The van der Waals surface area contributed by atoms with E-state index in [0.717, 1.165) is 12.0 Å². The molecule has 0 aliphatic carbocycles. The van der Waals surface area contributed by atoms with Gasteiger partial charge in [-0.3, -0.25) is 13.9 Å². The summed E-state index contributed by atoms with van der Waals surface area (Å²) in [5, 5.41) is 4.02. The fraction of sp³-hybridized carbons (Fsp3) is 0.367. The van der Waals surface area contributed by atoms with E-state index in [1.54, 1.807) is 18.8 Å². The molecule has 220 valence electrons. The summed E-state index contributed by atoms with van der Waals surface area (Å²) in [4.78, 5) is 36.0. The van der Waals surface area contributed by atoms with Gasteiger partial charge in [0.15, 0.2) is 17.8 Å². The van der Waals surface area contributed by atoms with E-state index in [9.17, 15) is 9.59 Å². The number of para-hydroxylation sites is 1. The Balaban J connectivity index is 1.44.